The fraction of sp³-hybridized carbons (Fsp3) is 0.375. The fourth-order valence-corrected chi connectivity index (χ4v) is 1.45. The van der Waals surface area contributed by atoms with Crippen molar-refractivity contribution >= 4 is 17.6 Å². The van der Waals surface area contributed by atoms with Crippen molar-refractivity contribution in [1.82, 2.24) is 0 Å². The Morgan fingerprint density at radius 2 is 2.05 bits per heavy atom. The molecule has 1 atom stereocenters. The molecule has 1 aromatic carbocycles. The number of ether oxygens (including phenoxy) is 1. The average molecular weight is 308 g/mol. The molecule has 0 aromatic heterocycles. The highest BCUT2D eigenvalue weighted by Gasteiger charge is 2.14. The van der Waals surface area contributed by atoms with E-state index in [1.165, 1.54) is 0 Å². The molecule has 0 unspecified atom stereocenters. The number of carbonyl (C=O) groups is 2. The number of esters is 1. The molecule has 122 valence electrons. The molecule has 0 aliphatic carbocycles. The van der Waals surface area contributed by atoms with Crippen LogP contribution < -0.4 is 11.1 Å². The smallest absolute Gasteiger partial charge is 0.328 e. The van der Waals surface area contributed by atoms with Crippen LogP contribution >= 0.6 is 0 Å². The number of aliphatic carboxylic acids is 1. The molecule has 0 spiro atoms. The second-order valence-corrected chi connectivity index (χ2v) is 4.70. The zero-order chi connectivity index (χ0) is 17.1. The third kappa shape index (κ3) is 8.06. The van der Waals surface area contributed by atoms with E-state index in [-0.39, 0.29) is 25.2 Å². The van der Waals surface area contributed by atoms with Crippen molar-refractivity contribution in [2.24, 2.45) is 5.73 Å². The van der Waals surface area contributed by atoms with Crippen molar-refractivity contribution in [2.75, 3.05) is 18.5 Å². The molecule has 0 heterocycles. The van der Waals surface area contributed by atoms with Crippen LogP contribution in [0.2, 0.25) is 0 Å². The summed E-state index contributed by atoms with van der Waals surface area (Å²) in [7, 11) is 0. The largest absolute Gasteiger partial charge is 0.480 e. The summed E-state index contributed by atoms with van der Waals surface area (Å²) >= 11 is 0. The van der Waals surface area contributed by atoms with E-state index in [1.807, 2.05) is 32.0 Å². The molecule has 4 N–H and O–H groups in total. The number of carboxylic acids is 1. The second kappa shape index (κ2) is 10.4. The van der Waals surface area contributed by atoms with Gasteiger partial charge in [-0.2, -0.15) is 0 Å². The van der Waals surface area contributed by atoms with Crippen LogP contribution in [0.3, 0.4) is 0 Å². The molecular formula is C16H24N2O4. The first-order valence-electron chi connectivity index (χ1n) is 6.85. The number of carboxylic acid groups (broad SMARTS) is 1. The first-order chi connectivity index (χ1) is 10.3. The minimum atomic E-state index is -0.968. The lowest BCUT2D eigenvalue weighted by molar-refractivity contribution is -0.143. The quantitative estimate of drug-likeness (QED) is 0.548. The highest BCUT2D eigenvalue weighted by atomic mass is 16.5. The number of aryl methyl sites for hydroxylation is 2. The molecule has 22 heavy (non-hydrogen) atoms. The van der Waals surface area contributed by atoms with Gasteiger partial charge in [-0.05, 0) is 38.0 Å². The fourth-order valence-electron chi connectivity index (χ4n) is 1.45. The van der Waals surface area contributed by atoms with E-state index < -0.39 is 5.97 Å². The van der Waals surface area contributed by atoms with Gasteiger partial charge in [0, 0.05) is 5.69 Å². The molecule has 0 aliphatic heterocycles. The molecule has 0 bridgehead atoms. The maximum atomic E-state index is 11.6. The molecule has 0 saturated heterocycles. The summed E-state index contributed by atoms with van der Waals surface area (Å²) in [6.45, 7) is 9.28. The third-order valence-electron chi connectivity index (χ3n) is 2.64. The highest BCUT2D eigenvalue weighted by Crippen LogP contribution is 2.17. The third-order valence-corrected chi connectivity index (χ3v) is 2.64. The van der Waals surface area contributed by atoms with Gasteiger partial charge in [0.25, 0.3) is 0 Å². The van der Waals surface area contributed by atoms with Gasteiger partial charge in [-0.25, -0.2) is 4.79 Å². The van der Waals surface area contributed by atoms with Gasteiger partial charge in [0.2, 0.25) is 0 Å². The molecular weight excluding hydrogens is 284 g/mol. The Balaban J connectivity index is 0.000000763. The molecule has 6 nitrogen and oxygen atoms in total. The van der Waals surface area contributed by atoms with E-state index in [1.54, 1.807) is 13.0 Å². The molecule has 1 rings (SSSR count). The van der Waals surface area contributed by atoms with Crippen molar-refractivity contribution in [3.05, 3.63) is 42.0 Å². The zero-order valence-corrected chi connectivity index (χ0v) is 13.3. The molecule has 0 amide bonds. The van der Waals surface area contributed by atoms with Crippen LogP contribution in [0.25, 0.3) is 0 Å². The number of hydrogen-bond donors (Lipinski definition) is 3. The number of benzene rings is 1. The topological polar surface area (TPSA) is 102 Å². The van der Waals surface area contributed by atoms with Gasteiger partial charge in [-0.3, -0.25) is 4.79 Å². The zero-order valence-electron chi connectivity index (χ0n) is 13.3. The number of nitrogens with one attached hydrogen (secondary N) is 1. The normalized spacial score (nSPS) is 10.7. The molecule has 0 fully saturated rings. The second-order valence-electron chi connectivity index (χ2n) is 4.70. The van der Waals surface area contributed by atoms with Gasteiger partial charge in [0.05, 0.1) is 6.54 Å². The monoisotopic (exact) mass is 308 g/mol. The SMILES string of the molecule is C=CCOC(=O)[C@H](C)Nc1cc(C)ccc1C.NCC(=O)O. The lowest BCUT2D eigenvalue weighted by atomic mass is 10.1. The van der Waals surface area contributed by atoms with Gasteiger partial charge in [-0.15, -0.1) is 0 Å². The van der Waals surface area contributed by atoms with E-state index in [2.05, 4.69) is 17.6 Å². The molecule has 0 aliphatic rings. The van der Waals surface area contributed by atoms with E-state index in [0.717, 1.165) is 16.8 Å². The molecule has 0 saturated carbocycles. The van der Waals surface area contributed by atoms with Crippen molar-refractivity contribution < 1.29 is 19.4 Å². The summed E-state index contributed by atoms with van der Waals surface area (Å²) in [4.78, 5) is 20.8. The maximum Gasteiger partial charge on any atom is 0.328 e. The van der Waals surface area contributed by atoms with E-state index in [9.17, 15) is 9.59 Å². The van der Waals surface area contributed by atoms with Gasteiger partial charge in [0.15, 0.2) is 0 Å². The van der Waals surface area contributed by atoms with Crippen molar-refractivity contribution in [3.63, 3.8) is 0 Å². The van der Waals surface area contributed by atoms with Gasteiger partial charge >= 0.3 is 11.9 Å². The summed E-state index contributed by atoms with van der Waals surface area (Å²) < 4.78 is 4.98. The first-order valence-corrected chi connectivity index (χ1v) is 6.85. The average Bonchev–Trinajstić information content (AvgIpc) is 2.48. The lowest BCUT2D eigenvalue weighted by Gasteiger charge is -2.16. The van der Waals surface area contributed by atoms with Gasteiger partial charge < -0.3 is 20.9 Å². The Morgan fingerprint density at radius 3 is 2.55 bits per heavy atom. The van der Waals surface area contributed by atoms with Crippen molar-refractivity contribution in [3.8, 4) is 0 Å². The Hall–Kier alpha value is -2.34. The first kappa shape index (κ1) is 19.7. The molecule has 1 aromatic rings. The van der Waals surface area contributed by atoms with Crippen LogP contribution in [0.15, 0.2) is 30.9 Å². The standard InChI is InChI=1S/C14H19NO2.C2H5NO2/c1-5-8-17-14(16)12(4)15-13-9-10(2)6-7-11(13)3;3-1-2(4)5/h5-7,9,12,15H,1,8H2,2-4H3;1,3H2,(H,4,5)/t12-;/m0./s1. The van der Waals surface area contributed by atoms with Gasteiger partial charge in [-0.1, -0.05) is 24.8 Å². The molecule has 0 radical (unpaired) electrons. The van der Waals surface area contributed by atoms with E-state index in [4.69, 9.17) is 9.84 Å². The summed E-state index contributed by atoms with van der Waals surface area (Å²) in [6, 6.07) is 5.73. The van der Waals surface area contributed by atoms with Crippen LogP contribution in [0.5, 0.6) is 0 Å². The Morgan fingerprint density at radius 1 is 1.45 bits per heavy atom. The van der Waals surface area contributed by atoms with Crippen molar-refractivity contribution in [1.29, 1.82) is 0 Å². The van der Waals surface area contributed by atoms with Crippen LogP contribution in [-0.4, -0.2) is 36.2 Å². The minimum absolute atomic E-state index is 0.248. The van der Waals surface area contributed by atoms with Crippen molar-refractivity contribution in [2.45, 2.75) is 26.8 Å². The van der Waals surface area contributed by atoms with E-state index >= 15 is 0 Å². The highest BCUT2D eigenvalue weighted by molar-refractivity contribution is 5.79. The van der Waals surface area contributed by atoms with Gasteiger partial charge in [0.1, 0.15) is 12.6 Å². The van der Waals surface area contributed by atoms with Crippen LogP contribution in [0.4, 0.5) is 5.69 Å². The van der Waals surface area contributed by atoms with Crippen LogP contribution in [0, 0.1) is 13.8 Å². The number of rotatable bonds is 6. The lowest BCUT2D eigenvalue weighted by Crippen LogP contribution is -2.28. The number of hydrogen-bond acceptors (Lipinski definition) is 5. The number of nitrogens with two attached hydrogens (primary N) is 1. The van der Waals surface area contributed by atoms with Crippen LogP contribution in [-0.2, 0) is 14.3 Å². The Kier molecular flexibility index (Phi) is 9.29. The maximum absolute atomic E-state index is 11.6. The summed E-state index contributed by atoms with van der Waals surface area (Å²) in [5, 5.41) is 10.7. The number of carbonyl (C=O) groups excluding carboxylic acids is 1. The minimum Gasteiger partial charge on any atom is -0.480 e. The van der Waals surface area contributed by atoms with E-state index in [0.29, 0.717) is 0 Å². The predicted molar refractivity (Wildman–Crippen MR) is 86.8 cm³/mol. The molecule has 6 heteroatoms. The predicted octanol–water partition coefficient (Wildman–Crippen LogP) is 1.86. The summed E-state index contributed by atoms with van der Waals surface area (Å²) in [6.07, 6.45) is 1.56. The Bertz CT molecular complexity index is 515. The summed E-state index contributed by atoms with van der Waals surface area (Å²) in [5.41, 5.74) is 7.80. The number of anilines is 1. The Labute approximate surface area is 131 Å². The summed E-state index contributed by atoms with van der Waals surface area (Å²) in [5.74, 6) is -1.24. The van der Waals surface area contributed by atoms with Crippen LogP contribution in [0.1, 0.15) is 18.1 Å².